The summed E-state index contributed by atoms with van der Waals surface area (Å²) >= 11 is 6.08. The van der Waals surface area contributed by atoms with E-state index in [1.165, 1.54) is 18.2 Å². The van der Waals surface area contributed by atoms with Gasteiger partial charge in [-0.25, -0.2) is 13.6 Å². The molecule has 24 heavy (non-hydrogen) atoms. The lowest BCUT2D eigenvalue weighted by Crippen LogP contribution is -2.32. The van der Waals surface area contributed by atoms with Gasteiger partial charge in [0.15, 0.2) is 0 Å². The smallest absolute Gasteiger partial charge is 0.404 e. The Hall–Kier alpha value is -2.54. The van der Waals surface area contributed by atoms with Gasteiger partial charge >= 0.3 is 6.09 Å². The maximum absolute atomic E-state index is 13.1. The molecule has 128 valence electrons. The second-order valence-electron chi connectivity index (χ2n) is 4.91. The zero-order chi connectivity index (χ0) is 17.7. The molecule has 0 spiro atoms. The molecule has 8 heteroatoms. The molecule has 1 unspecified atom stereocenters. The number of carbonyl (C=O) groups is 1. The molecule has 0 bridgehead atoms. The van der Waals surface area contributed by atoms with Crippen LogP contribution in [0.25, 0.3) is 0 Å². The molecule has 2 rings (SSSR count). The van der Waals surface area contributed by atoms with Crippen molar-refractivity contribution in [3.05, 3.63) is 53.1 Å². The summed E-state index contributed by atoms with van der Waals surface area (Å²) in [5.74, 6) is -0.911. The van der Waals surface area contributed by atoms with Crippen molar-refractivity contribution in [2.24, 2.45) is 0 Å². The van der Waals surface area contributed by atoms with E-state index in [4.69, 9.17) is 26.2 Å². The molecule has 0 heterocycles. The van der Waals surface area contributed by atoms with Crippen molar-refractivity contribution in [2.45, 2.75) is 13.0 Å². The van der Waals surface area contributed by atoms with Gasteiger partial charge in [-0.15, -0.1) is 0 Å². The SMILES string of the molecule is CC(CNC(=O)O)Oc1ccc(Oc2cc(F)cc(F)c2)cc1Cl. The van der Waals surface area contributed by atoms with Crippen LogP contribution in [0.4, 0.5) is 13.6 Å². The predicted octanol–water partition coefficient (Wildman–Crippen LogP) is 4.45. The maximum Gasteiger partial charge on any atom is 0.404 e. The highest BCUT2D eigenvalue weighted by Gasteiger charge is 2.11. The average Bonchev–Trinajstić information content (AvgIpc) is 2.47. The Kier molecular flexibility index (Phi) is 5.81. The molecular weight excluding hydrogens is 344 g/mol. The summed E-state index contributed by atoms with van der Waals surface area (Å²) in [7, 11) is 0. The van der Waals surface area contributed by atoms with Crippen LogP contribution in [0, 0.1) is 11.6 Å². The van der Waals surface area contributed by atoms with Crippen LogP contribution in [-0.2, 0) is 0 Å². The van der Waals surface area contributed by atoms with E-state index in [1.54, 1.807) is 6.92 Å². The number of carboxylic acid groups (broad SMARTS) is 1. The van der Waals surface area contributed by atoms with Crippen LogP contribution in [-0.4, -0.2) is 23.8 Å². The van der Waals surface area contributed by atoms with Crippen LogP contribution in [0.1, 0.15) is 6.92 Å². The molecular formula is C16H14ClF2NO4. The lowest BCUT2D eigenvalue weighted by molar-refractivity contribution is 0.178. The first-order chi connectivity index (χ1) is 11.3. The Labute approximate surface area is 141 Å². The number of benzene rings is 2. The lowest BCUT2D eigenvalue weighted by Gasteiger charge is -2.16. The number of hydrogen-bond acceptors (Lipinski definition) is 3. The van der Waals surface area contributed by atoms with Gasteiger partial charge in [-0.3, -0.25) is 0 Å². The van der Waals surface area contributed by atoms with Crippen molar-refractivity contribution in [1.82, 2.24) is 5.32 Å². The third-order valence-electron chi connectivity index (χ3n) is 2.84. The Morgan fingerprint density at radius 3 is 2.46 bits per heavy atom. The van der Waals surface area contributed by atoms with E-state index >= 15 is 0 Å². The third-order valence-corrected chi connectivity index (χ3v) is 3.14. The first-order valence-corrected chi connectivity index (χ1v) is 7.28. The van der Waals surface area contributed by atoms with E-state index in [-0.39, 0.29) is 23.1 Å². The summed E-state index contributed by atoms with van der Waals surface area (Å²) < 4.78 is 37.1. The predicted molar refractivity (Wildman–Crippen MR) is 84.0 cm³/mol. The molecule has 0 saturated heterocycles. The van der Waals surface area contributed by atoms with E-state index in [0.717, 1.165) is 18.2 Å². The highest BCUT2D eigenvalue weighted by molar-refractivity contribution is 6.32. The van der Waals surface area contributed by atoms with Crippen molar-refractivity contribution in [1.29, 1.82) is 0 Å². The van der Waals surface area contributed by atoms with E-state index < -0.39 is 23.8 Å². The lowest BCUT2D eigenvalue weighted by atomic mass is 10.3. The highest BCUT2D eigenvalue weighted by atomic mass is 35.5. The van der Waals surface area contributed by atoms with Crippen molar-refractivity contribution >= 4 is 17.7 Å². The fraction of sp³-hybridized carbons (Fsp3) is 0.188. The van der Waals surface area contributed by atoms with Gasteiger partial charge in [0.1, 0.15) is 35.0 Å². The van der Waals surface area contributed by atoms with Gasteiger partial charge in [0, 0.05) is 24.3 Å². The molecule has 5 nitrogen and oxygen atoms in total. The topological polar surface area (TPSA) is 67.8 Å². The summed E-state index contributed by atoms with van der Waals surface area (Å²) in [6, 6.07) is 7.29. The average molecular weight is 358 g/mol. The molecule has 0 radical (unpaired) electrons. The molecule has 0 aromatic heterocycles. The number of ether oxygens (including phenoxy) is 2. The molecule has 0 aliphatic carbocycles. The molecule has 1 amide bonds. The monoisotopic (exact) mass is 357 g/mol. The largest absolute Gasteiger partial charge is 0.487 e. The molecule has 0 fully saturated rings. The number of amides is 1. The van der Waals surface area contributed by atoms with E-state index in [9.17, 15) is 13.6 Å². The van der Waals surface area contributed by atoms with Crippen molar-refractivity contribution in [2.75, 3.05) is 6.54 Å². The van der Waals surface area contributed by atoms with Crippen LogP contribution in [0.15, 0.2) is 36.4 Å². The van der Waals surface area contributed by atoms with Gasteiger partial charge in [-0.1, -0.05) is 11.6 Å². The first-order valence-electron chi connectivity index (χ1n) is 6.90. The van der Waals surface area contributed by atoms with E-state index in [2.05, 4.69) is 5.32 Å². The second kappa shape index (κ2) is 7.83. The van der Waals surface area contributed by atoms with Gasteiger partial charge in [-0.05, 0) is 19.1 Å². The maximum atomic E-state index is 13.1. The molecule has 2 aromatic carbocycles. The zero-order valence-corrected chi connectivity index (χ0v) is 13.3. The van der Waals surface area contributed by atoms with Crippen molar-refractivity contribution in [3.8, 4) is 17.2 Å². The van der Waals surface area contributed by atoms with Crippen molar-refractivity contribution in [3.63, 3.8) is 0 Å². The standard InChI is InChI=1S/C16H14ClF2NO4/c1-9(8-20-16(21)22)23-15-3-2-12(7-14(15)17)24-13-5-10(18)4-11(19)6-13/h2-7,9,20H,8H2,1H3,(H,21,22). The molecule has 2 N–H and O–H groups in total. The minimum Gasteiger partial charge on any atom is -0.487 e. The van der Waals surface area contributed by atoms with Gasteiger partial charge in [0.2, 0.25) is 0 Å². The fourth-order valence-corrected chi connectivity index (χ4v) is 2.07. The minimum atomic E-state index is -1.15. The number of rotatable bonds is 6. The number of hydrogen-bond donors (Lipinski definition) is 2. The van der Waals surface area contributed by atoms with Gasteiger partial charge < -0.3 is 19.9 Å². The Morgan fingerprint density at radius 1 is 1.21 bits per heavy atom. The normalized spacial score (nSPS) is 11.7. The summed E-state index contributed by atoms with van der Waals surface area (Å²) in [4.78, 5) is 10.4. The Bertz CT molecular complexity index is 722. The quantitative estimate of drug-likeness (QED) is 0.801. The highest BCUT2D eigenvalue weighted by Crippen LogP contribution is 2.32. The fourth-order valence-electron chi connectivity index (χ4n) is 1.85. The third kappa shape index (κ3) is 5.27. The number of nitrogens with one attached hydrogen (secondary N) is 1. The van der Waals surface area contributed by atoms with Gasteiger partial charge in [0.05, 0.1) is 11.6 Å². The second-order valence-corrected chi connectivity index (χ2v) is 5.32. The molecule has 0 saturated carbocycles. The summed E-state index contributed by atoms with van der Waals surface area (Å²) in [5, 5.41) is 10.9. The van der Waals surface area contributed by atoms with Crippen LogP contribution in [0.3, 0.4) is 0 Å². The minimum absolute atomic E-state index is 0.00346. The van der Waals surface area contributed by atoms with E-state index in [0.29, 0.717) is 5.75 Å². The van der Waals surface area contributed by atoms with Crippen LogP contribution < -0.4 is 14.8 Å². The Balaban J connectivity index is 2.04. The van der Waals surface area contributed by atoms with Crippen molar-refractivity contribution < 1.29 is 28.2 Å². The number of halogens is 3. The molecule has 2 aromatic rings. The summed E-state index contributed by atoms with van der Waals surface area (Å²) in [6.07, 6.45) is -1.59. The van der Waals surface area contributed by atoms with Crippen LogP contribution in [0.2, 0.25) is 5.02 Å². The Morgan fingerprint density at radius 2 is 1.88 bits per heavy atom. The summed E-state index contributed by atoms with van der Waals surface area (Å²) in [5.41, 5.74) is 0. The molecule has 0 aliphatic rings. The van der Waals surface area contributed by atoms with Gasteiger partial charge in [0.25, 0.3) is 0 Å². The van der Waals surface area contributed by atoms with Crippen LogP contribution in [0.5, 0.6) is 17.2 Å². The van der Waals surface area contributed by atoms with E-state index in [1.807, 2.05) is 0 Å². The van der Waals surface area contributed by atoms with Crippen LogP contribution >= 0.6 is 11.6 Å². The summed E-state index contributed by atoms with van der Waals surface area (Å²) in [6.45, 7) is 1.76. The molecule has 1 atom stereocenters. The first kappa shape index (κ1) is 17.8. The zero-order valence-electron chi connectivity index (χ0n) is 12.6. The molecule has 0 aliphatic heterocycles. The van der Waals surface area contributed by atoms with Gasteiger partial charge in [-0.2, -0.15) is 0 Å².